The van der Waals surface area contributed by atoms with Gasteiger partial charge in [-0.3, -0.25) is 9.97 Å². The van der Waals surface area contributed by atoms with Crippen LogP contribution in [-0.4, -0.2) is 25.2 Å². The van der Waals surface area contributed by atoms with Gasteiger partial charge in [-0.25, -0.2) is 9.97 Å². The molecule has 0 saturated carbocycles. The van der Waals surface area contributed by atoms with E-state index >= 15 is 0 Å². The van der Waals surface area contributed by atoms with Gasteiger partial charge < -0.3 is 0 Å². The van der Waals surface area contributed by atoms with E-state index in [2.05, 4.69) is 19.9 Å². The van der Waals surface area contributed by atoms with Gasteiger partial charge in [0.15, 0.2) is 5.16 Å². The topological polar surface area (TPSA) is 51.6 Å². The second-order valence-corrected chi connectivity index (χ2v) is 6.50. The van der Waals surface area contributed by atoms with Crippen LogP contribution >= 0.6 is 23.4 Å². The molecule has 0 bridgehead atoms. The molecule has 0 aromatic carbocycles. The summed E-state index contributed by atoms with van der Waals surface area (Å²) >= 11 is 8.16. The number of rotatable bonds is 4. The SMILES string of the molecule is Cc1cnc(C(C)(Cl)[C@H](C)Sc2ncccn2)cn1. The molecule has 0 saturated heterocycles. The molecule has 6 heteroatoms. The normalized spacial score (nSPS) is 15.8. The zero-order chi connectivity index (χ0) is 13.9. The molecule has 2 atom stereocenters. The summed E-state index contributed by atoms with van der Waals surface area (Å²) in [5.74, 6) is 0. The van der Waals surface area contributed by atoms with Crippen molar-refractivity contribution in [3.63, 3.8) is 0 Å². The third-order valence-electron chi connectivity index (χ3n) is 2.87. The maximum absolute atomic E-state index is 6.64. The largest absolute Gasteiger partial charge is 0.258 e. The van der Waals surface area contributed by atoms with Crippen molar-refractivity contribution in [2.45, 2.75) is 36.1 Å². The van der Waals surface area contributed by atoms with Crippen LogP contribution < -0.4 is 0 Å². The fraction of sp³-hybridized carbons (Fsp3) is 0.385. The summed E-state index contributed by atoms with van der Waals surface area (Å²) in [5, 5.41) is 0.774. The predicted molar refractivity (Wildman–Crippen MR) is 77.3 cm³/mol. The number of thioether (sulfide) groups is 1. The average molecular weight is 295 g/mol. The molecule has 19 heavy (non-hydrogen) atoms. The van der Waals surface area contributed by atoms with E-state index in [-0.39, 0.29) is 5.25 Å². The van der Waals surface area contributed by atoms with Crippen LogP contribution in [0.25, 0.3) is 0 Å². The summed E-state index contributed by atoms with van der Waals surface area (Å²) in [6, 6.07) is 1.79. The monoisotopic (exact) mass is 294 g/mol. The van der Waals surface area contributed by atoms with Gasteiger partial charge in [0.25, 0.3) is 0 Å². The lowest BCUT2D eigenvalue weighted by Crippen LogP contribution is -2.27. The summed E-state index contributed by atoms with van der Waals surface area (Å²) < 4.78 is 0. The third kappa shape index (κ3) is 3.42. The minimum Gasteiger partial charge on any atom is -0.258 e. The Morgan fingerprint density at radius 1 is 1.16 bits per heavy atom. The van der Waals surface area contributed by atoms with Gasteiger partial charge in [0, 0.05) is 23.8 Å². The molecule has 0 aliphatic heterocycles. The summed E-state index contributed by atoms with van der Waals surface area (Å²) in [7, 11) is 0. The summed E-state index contributed by atoms with van der Waals surface area (Å²) in [5.41, 5.74) is 1.64. The molecule has 0 radical (unpaired) electrons. The number of nitrogens with zero attached hydrogens (tertiary/aromatic N) is 4. The van der Waals surface area contributed by atoms with E-state index in [0.717, 1.165) is 11.4 Å². The van der Waals surface area contributed by atoms with Crippen LogP contribution in [0.4, 0.5) is 0 Å². The molecule has 2 rings (SSSR count). The van der Waals surface area contributed by atoms with E-state index in [9.17, 15) is 0 Å². The van der Waals surface area contributed by atoms with E-state index in [0.29, 0.717) is 5.16 Å². The molecule has 1 unspecified atom stereocenters. The highest BCUT2D eigenvalue weighted by Crippen LogP contribution is 2.39. The molecular weight excluding hydrogens is 280 g/mol. The highest BCUT2D eigenvalue weighted by molar-refractivity contribution is 7.99. The molecule has 0 amide bonds. The molecule has 0 fully saturated rings. The van der Waals surface area contributed by atoms with Gasteiger partial charge in [-0.05, 0) is 19.9 Å². The molecular formula is C13H15ClN4S. The Bertz CT molecular complexity index is 530. The summed E-state index contributed by atoms with van der Waals surface area (Å²) in [4.78, 5) is 16.4. The molecule has 0 aliphatic carbocycles. The quantitative estimate of drug-likeness (QED) is 0.492. The smallest absolute Gasteiger partial charge is 0.187 e. The van der Waals surface area contributed by atoms with Gasteiger partial charge in [0.1, 0.15) is 0 Å². The summed E-state index contributed by atoms with van der Waals surface area (Å²) in [6.45, 7) is 5.88. The van der Waals surface area contributed by atoms with Crippen LogP contribution in [0.1, 0.15) is 25.2 Å². The van der Waals surface area contributed by atoms with Crippen LogP contribution in [0.2, 0.25) is 0 Å². The van der Waals surface area contributed by atoms with E-state index in [4.69, 9.17) is 11.6 Å². The van der Waals surface area contributed by atoms with E-state index < -0.39 is 4.87 Å². The van der Waals surface area contributed by atoms with Gasteiger partial charge in [-0.1, -0.05) is 18.7 Å². The Hall–Kier alpha value is -1.20. The minimum atomic E-state index is -0.620. The number of hydrogen-bond donors (Lipinski definition) is 0. The van der Waals surface area contributed by atoms with Crippen LogP contribution in [0.5, 0.6) is 0 Å². The molecule has 2 aromatic heterocycles. The van der Waals surface area contributed by atoms with Crippen molar-refractivity contribution in [1.29, 1.82) is 0 Å². The van der Waals surface area contributed by atoms with Crippen molar-refractivity contribution in [2.75, 3.05) is 0 Å². The number of halogens is 1. The van der Waals surface area contributed by atoms with Gasteiger partial charge in [0.2, 0.25) is 0 Å². The molecule has 0 aliphatic rings. The van der Waals surface area contributed by atoms with Crippen LogP contribution in [-0.2, 0) is 4.87 Å². The number of hydrogen-bond acceptors (Lipinski definition) is 5. The Morgan fingerprint density at radius 2 is 1.84 bits per heavy atom. The van der Waals surface area contributed by atoms with Crippen molar-refractivity contribution in [3.05, 3.63) is 42.2 Å². The number of aryl methyl sites for hydroxylation is 1. The number of aromatic nitrogens is 4. The Kier molecular flexibility index (Phi) is 4.37. The fourth-order valence-corrected chi connectivity index (χ4v) is 2.60. The van der Waals surface area contributed by atoms with E-state index in [1.807, 2.05) is 20.8 Å². The van der Waals surface area contributed by atoms with Gasteiger partial charge in [-0.15, -0.1) is 11.6 Å². The average Bonchev–Trinajstić information content (AvgIpc) is 2.40. The Labute approximate surface area is 122 Å². The zero-order valence-electron chi connectivity index (χ0n) is 11.0. The molecule has 0 N–H and O–H groups in total. The van der Waals surface area contributed by atoms with Gasteiger partial charge in [0.05, 0.1) is 22.5 Å². The first-order valence-electron chi connectivity index (χ1n) is 5.92. The second-order valence-electron chi connectivity index (χ2n) is 4.41. The molecule has 2 aromatic rings. The van der Waals surface area contributed by atoms with Crippen molar-refractivity contribution in [3.8, 4) is 0 Å². The molecule has 4 nitrogen and oxygen atoms in total. The van der Waals surface area contributed by atoms with Crippen molar-refractivity contribution >= 4 is 23.4 Å². The number of alkyl halides is 1. The van der Waals surface area contributed by atoms with Crippen molar-refractivity contribution in [1.82, 2.24) is 19.9 Å². The lowest BCUT2D eigenvalue weighted by atomic mass is 10.0. The fourth-order valence-electron chi connectivity index (χ4n) is 1.47. The molecule has 100 valence electrons. The third-order valence-corrected chi connectivity index (χ3v) is 4.77. The maximum Gasteiger partial charge on any atom is 0.187 e. The standard InChI is InChI=1S/C13H15ClN4S/c1-9-7-18-11(8-17-9)13(3,14)10(2)19-12-15-5-4-6-16-12/h4-8,10H,1-3H3/t10-,13?/m0/s1. The first-order chi connectivity index (χ1) is 9.00. The van der Waals surface area contributed by atoms with Crippen LogP contribution in [0.3, 0.4) is 0 Å². The maximum atomic E-state index is 6.64. The van der Waals surface area contributed by atoms with Crippen molar-refractivity contribution in [2.24, 2.45) is 0 Å². The predicted octanol–water partition coefficient (Wildman–Crippen LogP) is 3.21. The molecule has 0 spiro atoms. The first-order valence-corrected chi connectivity index (χ1v) is 7.17. The van der Waals surface area contributed by atoms with Crippen LogP contribution in [0, 0.1) is 6.92 Å². The summed E-state index contributed by atoms with van der Waals surface area (Å²) in [6.07, 6.45) is 6.90. The first kappa shape index (κ1) is 14.2. The van der Waals surface area contributed by atoms with E-state index in [1.54, 1.807) is 30.9 Å². The lowest BCUT2D eigenvalue weighted by molar-refractivity contribution is 0.636. The molecule has 2 heterocycles. The minimum absolute atomic E-state index is 0.0635. The van der Waals surface area contributed by atoms with Crippen LogP contribution in [0.15, 0.2) is 36.0 Å². The van der Waals surface area contributed by atoms with Gasteiger partial charge >= 0.3 is 0 Å². The highest BCUT2D eigenvalue weighted by Gasteiger charge is 2.33. The lowest BCUT2D eigenvalue weighted by Gasteiger charge is -2.27. The second kappa shape index (κ2) is 5.84. The van der Waals surface area contributed by atoms with E-state index in [1.165, 1.54) is 11.8 Å². The Morgan fingerprint density at radius 3 is 2.42 bits per heavy atom. The zero-order valence-corrected chi connectivity index (χ0v) is 12.6. The van der Waals surface area contributed by atoms with Gasteiger partial charge in [-0.2, -0.15) is 0 Å². The Balaban J connectivity index is 2.17. The van der Waals surface area contributed by atoms with Crippen molar-refractivity contribution < 1.29 is 0 Å². The highest BCUT2D eigenvalue weighted by atomic mass is 35.5.